The summed E-state index contributed by atoms with van der Waals surface area (Å²) in [4.78, 5) is 4.92. The van der Waals surface area contributed by atoms with Crippen molar-refractivity contribution in [3.05, 3.63) is 29.6 Å². The second-order valence-corrected chi connectivity index (χ2v) is 6.12. The summed E-state index contributed by atoms with van der Waals surface area (Å²) in [7, 11) is 1.75. The Bertz CT molecular complexity index is 616. The molecule has 1 N–H and O–H groups in total. The van der Waals surface area contributed by atoms with Gasteiger partial charge < -0.3 is 14.6 Å². The molecule has 0 aliphatic heterocycles. The average molecular weight is 287 g/mol. The maximum atomic E-state index is 5.15. The maximum Gasteiger partial charge on any atom is 0.140 e. The molecule has 4 nitrogen and oxygen atoms in total. The number of nitrogens with one attached hydrogen (secondary N) is 1. The molecule has 1 fully saturated rings. The number of fused-ring (bicyclic) bond motifs is 1. The molecule has 0 spiro atoms. The number of aromatic nitrogens is 2. The minimum atomic E-state index is 0.324. The van der Waals surface area contributed by atoms with Gasteiger partial charge in [0.05, 0.1) is 5.69 Å². The van der Waals surface area contributed by atoms with Gasteiger partial charge in [0.25, 0.3) is 0 Å². The number of methoxy groups -OCH3 is 1. The Balaban J connectivity index is 1.84. The van der Waals surface area contributed by atoms with Crippen LogP contribution < -0.4 is 5.32 Å². The number of hydrogen-bond acceptors (Lipinski definition) is 3. The molecule has 2 heterocycles. The van der Waals surface area contributed by atoms with E-state index in [1.807, 2.05) is 0 Å². The Morgan fingerprint density at radius 1 is 1.43 bits per heavy atom. The summed E-state index contributed by atoms with van der Waals surface area (Å²) in [6.45, 7) is 6.11. The first-order valence-electron chi connectivity index (χ1n) is 7.90. The van der Waals surface area contributed by atoms with Crippen LogP contribution in [0, 0.1) is 6.92 Å². The van der Waals surface area contributed by atoms with Gasteiger partial charge in [0.15, 0.2) is 0 Å². The van der Waals surface area contributed by atoms with Crippen molar-refractivity contribution < 1.29 is 4.74 Å². The third kappa shape index (κ3) is 3.27. The molecule has 21 heavy (non-hydrogen) atoms. The van der Waals surface area contributed by atoms with E-state index in [4.69, 9.17) is 9.72 Å². The molecule has 0 saturated heterocycles. The summed E-state index contributed by atoms with van der Waals surface area (Å²) in [6, 6.07) is 5.40. The summed E-state index contributed by atoms with van der Waals surface area (Å²) in [6.07, 6.45) is 5.83. The lowest BCUT2D eigenvalue weighted by Crippen LogP contribution is -2.21. The smallest absolute Gasteiger partial charge is 0.140 e. The predicted octanol–water partition coefficient (Wildman–Crippen LogP) is 3.19. The number of ether oxygens (including phenoxy) is 1. The van der Waals surface area contributed by atoms with E-state index in [1.165, 1.54) is 23.8 Å². The lowest BCUT2D eigenvalue weighted by molar-refractivity contribution is 0.190. The van der Waals surface area contributed by atoms with Gasteiger partial charge in [-0.3, -0.25) is 0 Å². The molecule has 1 saturated carbocycles. The molecule has 2 aromatic rings. The molecule has 1 unspecified atom stereocenters. The molecular formula is C17H25N3O. The van der Waals surface area contributed by atoms with Crippen molar-refractivity contribution in [2.75, 3.05) is 13.7 Å². The summed E-state index contributed by atoms with van der Waals surface area (Å²) >= 11 is 0. The Hall–Kier alpha value is -1.39. The minimum Gasteiger partial charge on any atom is -0.385 e. The van der Waals surface area contributed by atoms with Crippen molar-refractivity contribution >= 4 is 11.0 Å². The van der Waals surface area contributed by atoms with Crippen molar-refractivity contribution in [2.24, 2.45) is 0 Å². The van der Waals surface area contributed by atoms with Gasteiger partial charge in [-0.2, -0.15) is 0 Å². The van der Waals surface area contributed by atoms with Gasteiger partial charge in [0, 0.05) is 43.9 Å². The molecular weight excluding hydrogens is 262 g/mol. The van der Waals surface area contributed by atoms with Gasteiger partial charge in [-0.25, -0.2) is 4.98 Å². The predicted molar refractivity (Wildman–Crippen MR) is 85.5 cm³/mol. The maximum absolute atomic E-state index is 5.15. The molecule has 4 heteroatoms. The van der Waals surface area contributed by atoms with Crippen LogP contribution in [0.15, 0.2) is 18.3 Å². The lowest BCUT2D eigenvalue weighted by atomic mass is 10.1. The van der Waals surface area contributed by atoms with E-state index in [2.05, 4.69) is 42.1 Å². The van der Waals surface area contributed by atoms with Crippen molar-refractivity contribution in [3.63, 3.8) is 0 Å². The molecule has 1 atom stereocenters. The normalized spacial score (nSPS) is 16.5. The first-order chi connectivity index (χ1) is 10.2. The summed E-state index contributed by atoms with van der Waals surface area (Å²) in [5.41, 5.74) is 3.54. The minimum absolute atomic E-state index is 0.324. The van der Waals surface area contributed by atoms with Crippen molar-refractivity contribution in [1.29, 1.82) is 0 Å². The zero-order valence-electron chi connectivity index (χ0n) is 13.2. The summed E-state index contributed by atoms with van der Waals surface area (Å²) in [5, 5.41) is 4.88. The zero-order valence-corrected chi connectivity index (χ0v) is 13.2. The summed E-state index contributed by atoms with van der Waals surface area (Å²) < 4.78 is 7.41. The zero-order chi connectivity index (χ0) is 14.8. The third-order valence-electron chi connectivity index (χ3n) is 4.20. The van der Waals surface area contributed by atoms with Gasteiger partial charge in [-0.05, 0) is 50.8 Å². The fourth-order valence-corrected chi connectivity index (χ4v) is 2.83. The van der Waals surface area contributed by atoms with Crippen LogP contribution in [0.2, 0.25) is 0 Å². The van der Waals surface area contributed by atoms with E-state index in [0.717, 1.165) is 30.9 Å². The molecule has 0 bridgehead atoms. The fraction of sp³-hybridized carbons (Fsp3) is 0.588. The lowest BCUT2D eigenvalue weighted by Gasteiger charge is -2.13. The highest BCUT2D eigenvalue weighted by Gasteiger charge is 2.24. The Morgan fingerprint density at radius 3 is 2.95 bits per heavy atom. The second-order valence-electron chi connectivity index (χ2n) is 6.12. The highest BCUT2D eigenvalue weighted by Crippen LogP contribution is 2.25. The topological polar surface area (TPSA) is 39.1 Å². The molecule has 2 aromatic heterocycles. The van der Waals surface area contributed by atoms with Crippen molar-refractivity contribution in [2.45, 2.75) is 51.7 Å². The molecule has 114 valence electrons. The Morgan fingerprint density at radius 2 is 2.24 bits per heavy atom. The van der Waals surface area contributed by atoms with Crippen LogP contribution in [0.5, 0.6) is 0 Å². The monoisotopic (exact) mass is 287 g/mol. The molecule has 0 aromatic carbocycles. The molecule has 0 radical (unpaired) electrons. The molecule has 3 rings (SSSR count). The van der Waals surface area contributed by atoms with E-state index in [0.29, 0.717) is 12.1 Å². The molecule has 0 amide bonds. The van der Waals surface area contributed by atoms with Crippen LogP contribution in [0.4, 0.5) is 0 Å². The quantitative estimate of drug-likeness (QED) is 0.795. The first kappa shape index (κ1) is 14.5. The van der Waals surface area contributed by atoms with Gasteiger partial charge in [-0.15, -0.1) is 0 Å². The van der Waals surface area contributed by atoms with Gasteiger partial charge >= 0.3 is 0 Å². The number of pyridine rings is 1. The van der Waals surface area contributed by atoms with Crippen molar-refractivity contribution in [1.82, 2.24) is 14.9 Å². The number of nitrogens with zero attached hydrogens (tertiary/aromatic N) is 2. The van der Waals surface area contributed by atoms with Gasteiger partial charge in [-0.1, -0.05) is 0 Å². The van der Waals surface area contributed by atoms with Crippen molar-refractivity contribution in [3.8, 4) is 0 Å². The number of rotatable bonds is 7. The number of aryl methyl sites for hydroxylation is 2. The summed E-state index contributed by atoms with van der Waals surface area (Å²) in [5.74, 6) is 0. The highest BCUT2D eigenvalue weighted by molar-refractivity contribution is 5.80. The SMILES string of the molecule is COCCCn1cc(C)c2ccc(C(C)NC3CC3)nc21. The van der Waals surface area contributed by atoms with Gasteiger partial charge in [0.1, 0.15) is 5.65 Å². The van der Waals surface area contributed by atoms with Crippen LogP contribution >= 0.6 is 0 Å². The van der Waals surface area contributed by atoms with Crippen LogP contribution in [-0.4, -0.2) is 29.3 Å². The Labute approximate surface area is 126 Å². The number of hydrogen-bond donors (Lipinski definition) is 1. The largest absolute Gasteiger partial charge is 0.385 e. The molecule has 1 aliphatic rings. The fourth-order valence-electron chi connectivity index (χ4n) is 2.83. The Kier molecular flexibility index (Phi) is 4.27. The van der Waals surface area contributed by atoms with Crippen LogP contribution in [0.25, 0.3) is 11.0 Å². The van der Waals surface area contributed by atoms with E-state index < -0.39 is 0 Å². The van der Waals surface area contributed by atoms with Gasteiger partial charge in [0.2, 0.25) is 0 Å². The van der Waals surface area contributed by atoms with E-state index in [1.54, 1.807) is 7.11 Å². The van der Waals surface area contributed by atoms with E-state index >= 15 is 0 Å². The van der Waals surface area contributed by atoms with Crippen LogP contribution in [-0.2, 0) is 11.3 Å². The highest BCUT2D eigenvalue weighted by atomic mass is 16.5. The second kappa shape index (κ2) is 6.16. The van der Waals surface area contributed by atoms with E-state index in [-0.39, 0.29) is 0 Å². The average Bonchev–Trinajstić information content (AvgIpc) is 3.24. The van der Waals surface area contributed by atoms with Crippen LogP contribution in [0.1, 0.15) is 43.5 Å². The van der Waals surface area contributed by atoms with Crippen LogP contribution in [0.3, 0.4) is 0 Å². The standard InChI is InChI=1S/C17H25N3O/c1-12-11-20(9-4-10-21-3)17-15(12)7-8-16(19-17)13(2)18-14-5-6-14/h7-8,11,13-14,18H,4-6,9-10H2,1-3H3. The molecule has 1 aliphatic carbocycles. The van der Waals surface area contributed by atoms with E-state index in [9.17, 15) is 0 Å². The third-order valence-corrected chi connectivity index (χ3v) is 4.20. The first-order valence-corrected chi connectivity index (χ1v) is 7.90.